The first-order valence-corrected chi connectivity index (χ1v) is 6.77. The molecule has 0 unspecified atom stereocenters. The SMILES string of the molecule is Fc1cccc(Nc2cc(NCc3ccncc3)ncn2)c1. The standard InChI is InChI=1S/C16H14FN5/c17-13-2-1-3-14(8-13)22-16-9-15(20-11-21-16)19-10-12-4-6-18-7-5-12/h1-9,11H,10H2,(H2,19,20,21,22). The molecule has 0 amide bonds. The predicted octanol–water partition coefficient (Wildman–Crippen LogP) is 3.37. The van der Waals surface area contributed by atoms with Crippen LogP contribution in [0, 0.1) is 5.82 Å². The minimum Gasteiger partial charge on any atom is -0.366 e. The molecule has 110 valence electrons. The average molecular weight is 295 g/mol. The first kappa shape index (κ1) is 13.9. The van der Waals surface area contributed by atoms with E-state index >= 15 is 0 Å². The lowest BCUT2D eigenvalue weighted by Crippen LogP contribution is -2.03. The minimum absolute atomic E-state index is 0.296. The van der Waals surface area contributed by atoms with Crippen molar-refractivity contribution in [3.8, 4) is 0 Å². The lowest BCUT2D eigenvalue weighted by atomic mass is 10.3. The van der Waals surface area contributed by atoms with Gasteiger partial charge >= 0.3 is 0 Å². The van der Waals surface area contributed by atoms with Crippen molar-refractivity contribution < 1.29 is 4.39 Å². The van der Waals surface area contributed by atoms with Gasteiger partial charge in [-0.3, -0.25) is 4.98 Å². The molecule has 3 rings (SSSR count). The Kier molecular flexibility index (Phi) is 4.20. The molecule has 1 aromatic carbocycles. The van der Waals surface area contributed by atoms with Crippen molar-refractivity contribution in [1.29, 1.82) is 0 Å². The van der Waals surface area contributed by atoms with Gasteiger partial charge in [0.05, 0.1) is 0 Å². The summed E-state index contributed by atoms with van der Waals surface area (Å²) in [5.41, 5.74) is 1.74. The molecule has 0 bridgehead atoms. The number of hydrogen-bond acceptors (Lipinski definition) is 5. The zero-order chi connectivity index (χ0) is 15.2. The fraction of sp³-hybridized carbons (Fsp3) is 0.0625. The van der Waals surface area contributed by atoms with Gasteiger partial charge in [-0.05, 0) is 35.9 Å². The molecule has 2 heterocycles. The normalized spacial score (nSPS) is 10.2. The van der Waals surface area contributed by atoms with E-state index in [9.17, 15) is 4.39 Å². The van der Waals surface area contributed by atoms with Crippen LogP contribution in [0.5, 0.6) is 0 Å². The van der Waals surface area contributed by atoms with E-state index in [0.29, 0.717) is 23.9 Å². The fourth-order valence-electron chi connectivity index (χ4n) is 1.93. The molecule has 0 fully saturated rings. The Morgan fingerprint density at radius 1 is 0.955 bits per heavy atom. The van der Waals surface area contributed by atoms with Gasteiger partial charge in [0.2, 0.25) is 0 Å². The van der Waals surface area contributed by atoms with Crippen LogP contribution in [-0.4, -0.2) is 15.0 Å². The average Bonchev–Trinajstić information content (AvgIpc) is 2.54. The maximum absolute atomic E-state index is 13.2. The number of hydrogen-bond donors (Lipinski definition) is 2. The Morgan fingerprint density at radius 3 is 2.59 bits per heavy atom. The van der Waals surface area contributed by atoms with Gasteiger partial charge in [0.15, 0.2) is 0 Å². The third kappa shape index (κ3) is 3.76. The molecular weight excluding hydrogens is 281 g/mol. The Morgan fingerprint density at radius 2 is 1.77 bits per heavy atom. The number of pyridine rings is 1. The number of aromatic nitrogens is 3. The monoisotopic (exact) mass is 295 g/mol. The summed E-state index contributed by atoms with van der Waals surface area (Å²) in [4.78, 5) is 12.3. The van der Waals surface area contributed by atoms with Crippen LogP contribution in [0.25, 0.3) is 0 Å². The second-order valence-corrected chi connectivity index (χ2v) is 4.63. The zero-order valence-electron chi connectivity index (χ0n) is 11.7. The molecule has 0 saturated heterocycles. The highest BCUT2D eigenvalue weighted by atomic mass is 19.1. The highest BCUT2D eigenvalue weighted by molar-refractivity contribution is 5.58. The van der Waals surface area contributed by atoms with E-state index in [2.05, 4.69) is 25.6 Å². The van der Waals surface area contributed by atoms with Crippen molar-refractivity contribution in [2.24, 2.45) is 0 Å². The van der Waals surface area contributed by atoms with E-state index in [1.54, 1.807) is 30.6 Å². The Hall–Kier alpha value is -3.02. The summed E-state index contributed by atoms with van der Waals surface area (Å²) in [5, 5.41) is 6.25. The van der Waals surface area contributed by atoms with Gasteiger partial charge in [0.1, 0.15) is 23.8 Å². The summed E-state index contributed by atoms with van der Waals surface area (Å²) in [6, 6.07) is 11.8. The van der Waals surface area contributed by atoms with Crippen molar-refractivity contribution in [2.45, 2.75) is 6.54 Å². The molecule has 0 saturated carbocycles. The smallest absolute Gasteiger partial charge is 0.135 e. The summed E-state index contributed by atoms with van der Waals surface area (Å²) >= 11 is 0. The molecule has 6 heteroatoms. The molecule has 0 aliphatic rings. The fourth-order valence-corrected chi connectivity index (χ4v) is 1.93. The first-order chi connectivity index (χ1) is 10.8. The number of anilines is 3. The van der Waals surface area contributed by atoms with Gasteiger partial charge in [-0.2, -0.15) is 0 Å². The first-order valence-electron chi connectivity index (χ1n) is 6.77. The second-order valence-electron chi connectivity index (χ2n) is 4.63. The molecule has 2 N–H and O–H groups in total. The number of rotatable bonds is 5. The Bertz CT molecular complexity index is 748. The summed E-state index contributed by atoms with van der Waals surface area (Å²) in [6.45, 7) is 0.638. The largest absolute Gasteiger partial charge is 0.366 e. The van der Waals surface area contributed by atoms with Crippen molar-refractivity contribution in [3.63, 3.8) is 0 Å². The van der Waals surface area contributed by atoms with Gasteiger partial charge in [0, 0.05) is 30.7 Å². The molecule has 3 aromatic rings. The third-order valence-electron chi connectivity index (χ3n) is 2.99. The second kappa shape index (κ2) is 6.62. The summed E-state index contributed by atoms with van der Waals surface area (Å²) in [5.74, 6) is 0.985. The number of nitrogens with zero attached hydrogens (tertiary/aromatic N) is 3. The number of nitrogens with one attached hydrogen (secondary N) is 2. The molecular formula is C16H14FN5. The van der Waals surface area contributed by atoms with E-state index in [-0.39, 0.29) is 5.82 Å². The van der Waals surface area contributed by atoms with Crippen LogP contribution in [-0.2, 0) is 6.54 Å². The van der Waals surface area contributed by atoms with E-state index in [4.69, 9.17) is 0 Å². The van der Waals surface area contributed by atoms with Gasteiger partial charge in [-0.1, -0.05) is 6.07 Å². The third-order valence-corrected chi connectivity index (χ3v) is 2.99. The maximum Gasteiger partial charge on any atom is 0.135 e. The summed E-state index contributed by atoms with van der Waals surface area (Å²) in [7, 11) is 0. The minimum atomic E-state index is -0.296. The topological polar surface area (TPSA) is 62.7 Å². The summed E-state index contributed by atoms with van der Waals surface area (Å²) < 4.78 is 13.2. The van der Waals surface area contributed by atoms with Gasteiger partial charge in [-0.15, -0.1) is 0 Å². The van der Waals surface area contributed by atoms with Crippen molar-refractivity contribution in [1.82, 2.24) is 15.0 Å². The van der Waals surface area contributed by atoms with Crippen LogP contribution in [0.4, 0.5) is 21.7 Å². The van der Waals surface area contributed by atoms with Crippen LogP contribution in [0.2, 0.25) is 0 Å². The Balaban J connectivity index is 1.67. The lowest BCUT2D eigenvalue weighted by Gasteiger charge is -2.08. The van der Waals surface area contributed by atoms with Crippen LogP contribution in [0.15, 0.2) is 61.2 Å². The maximum atomic E-state index is 13.2. The van der Waals surface area contributed by atoms with Crippen molar-refractivity contribution in [3.05, 3.63) is 72.6 Å². The molecule has 0 aliphatic heterocycles. The molecule has 5 nitrogen and oxygen atoms in total. The highest BCUT2D eigenvalue weighted by Gasteiger charge is 2.01. The van der Waals surface area contributed by atoms with E-state index in [1.165, 1.54) is 18.5 Å². The molecule has 0 radical (unpaired) electrons. The van der Waals surface area contributed by atoms with E-state index in [1.807, 2.05) is 12.1 Å². The van der Waals surface area contributed by atoms with Gasteiger partial charge < -0.3 is 10.6 Å². The van der Waals surface area contributed by atoms with Crippen LogP contribution < -0.4 is 10.6 Å². The number of halogens is 1. The van der Waals surface area contributed by atoms with Gasteiger partial charge in [0.25, 0.3) is 0 Å². The molecule has 0 spiro atoms. The lowest BCUT2D eigenvalue weighted by molar-refractivity contribution is 0.628. The molecule has 2 aromatic heterocycles. The van der Waals surface area contributed by atoms with E-state index in [0.717, 1.165) is 5.56 Å². The van der Waals surface area contributed by atoms with Crippen molar-refractivity contribution >= 4 is 17.3 Å². The quantitative estimate of drug-likeness (QED) is 0.755. The summed E-state index contributed by atoms with van der Waals surface area (Å²) in [6.07, 6.45) is 4.94. The van der Waals surface area contributed by atoms with Crippen LogP contribution >= 0.6 is 0 Å². The number of benzene rings is 1. The van der Waals surface area contributed by atoms with Crippen LogP contribution in [0.1, 0.15) is 5.56 Å². The molecule has 22 heavy (non-hydrogen) atoms. The van der Waals surface area contributed by atoms with E-state index < -0.39 is 0 Å². The Labute approximate surface area is 127 Å². The molecule has 0 aliphatic carbocycles. The molecule has 0 atom stereocenters. The zero-order valence-corrected chi connectivity index (χ0v) is 11.7. The highest BCUT2D eigenvalue weighted by Crippen LogP contribution is 2.17. The van der Waals surface area contributed by atoms with Crippen molar-refractivity contribution in [2.75, 3.05) is 10.6 Å². The predicted molar refractivity (Wildman–Crippen MR) is 83.3 cm³/mol. The van der Waals surface area contributed by atoms with Crippen LogP contribution in [0.3, 0.4) is 0 Å². The van der Waals surface area contributed by atoms with Gasteiger partial charge in [-0.25, -0.2) is 14.4 Å².